The van der Waals surface area contributed by atoms with E-state index in [2.05, 4.69) is 15.6 Å². The van der Waals surface area contributed by atoms with Crippen LogP contribution in [-0.4, -0.2) is 43.2 Å². The van der Waals surface area contributed by atoms with Crippen molar-refractivity contribution in [2.24, 2.45) is 0 Å². The number of amides is 1. The number of benzene rings is 2. The molecule has 2 aromatic carbocycles. The van der Waals surface area contributed by atoms with Gasteiger partial charge in [0.15, 0.2) is 0 Å². The van der Waals surface area contributed by atoms with Gasteiger partial charge in [-0.05, 0) is 56.2 Å². The Balaban J connectivity index is 1.33. The Hall–Kier alpha value is -2.75. The second-order valence-corrected chi connectivity index (χ2v) is 11.1. The van der Waals surface area contributed by atoms with E-state index < -0.39 is 10.0 Å². The van der Waals surface area contributed by atoms with Gasteiger partial charge >= 0.3 is 0 Å². The lowest BCUT2D eigenvalue weighted by atomic mass is 10.1. The van der Waals surface area contributed by atoms with E-state index in [4.69, 9.17) is 0 Å². The van der Waals surface area contributed by atoms with Crippen molar-refractivity contribution in [3.63, 3.8) is 0 Å². The van der Waals surface area contributed by atoms with Crippen LogP contribution in [0.3, 0.4) is 0 Å². The average Bonchev–Trinajstić information content (AvgIpc) is 3.06. The first-order chi connectivity index (χ1) is 15.9. The molecule has 0 aliphatic carbocycles. The molecule has 3 aromatic rings. The van der Waals surface area contributed by atoms with Crippen molar-refractivity contribution in [1.29, 1.82) is 0 Å². The highest BCUT2D eigenvalue weighted by atomic mass is 32.2. The van der Waals surface area contributed by atoms with Gasteiger partial charge in [0, 0.05) is 35.4 Å². The second kappa shape index (κ2) is 10.5. The molecule has 0 radical (unpaired) electrons. The number of anilines is 2. The number of aryl methyl sites for hydroxylation is 1. The van der Waals surface area contributed by atoms with Crippen molar-refractivity contribution in [1.82, 2.24) is 9.29 Å². The molecule has 1 saturated heterocycles. The topological polar surface area (TPSA) is 91.4 Å². The van der Waals surface area contributed by atoms with Gasteiger partial charge < -0.3 is 10.6 Å². The minimum absolute atomic E-state index is 0.0677. The lowest BCUT2D eigenvalue weighted by Crippen LogP contribution is -2.31. The number of carbonyl (C=O) groups excluding carboxylic acids is 1. The summed E-state index contributed by atoms with van der Waals surface area (Å²) in [7, 11) is -3.48. The molecule has 9 heteroatoms. The van der Waals surface area contributed by atoms with Gasteiger partial charge in [-0.25, -0.2) is 13.4 Å². The zero-order chi connectivity index (χ0) is 23.3. The van der Waals surface area contributed by atoms with Crippen molar-refractivity contribution in [3.8, 4) is 11.3 Å². The number of sulfonamides is 1. The molecule has 1 amide bonds. The fraction of sp³-hybridized carbons (Fsp3) is 0.333. The standard InChI is InChI=1S/C24H28N4O3S2/c1-18-26-23(17-32-18)19-7-6-8-21(15-19)27-24(29)16-25-20-9-11-22(12-10-20)33(30,31)28-13-4-2-3-5-14-28/h6-12,15,17,25H,2-5,13-14,16H2,1H3,(H,27,29). The first-order valence-electron chi connectivity index (χ1n) is 11.1. The zero-order valence-electron chi connectivity index (χ0n) is 18.6. The van der Waals surface area contributed by atoms with Crippen LogP contribution in [0, 0.1) is 6.92 Å². The van der Waals surface area contributed by atoms with Gasteiger partial charge in [-0.15, -0.1) is 11.3 Å². The lowest BCUT2D eigenvalue weighted by Gasteiger charge is -2.20. The summed E-state index contributed by atoms with van der Waals surface area (Å²) in [5.41, 5.74) is 3.23. The number of hydrogen-bond acceptors (Lipinski definition) is 6. The molecular formula is C24H28N4O3S2. The molecule has 0 spiro atoms. The van der Waals surface area contributed by atoms with Gasteiger partial charge in [-0.3, -0.25) is 4.79 Å². The number of carbonyl (C=O) groups is 1. The van der Waals surface area contributed by atoms with E-state index in [1.165, 1.54) is 0 Å². The monoisotopic (exact) mass is 484 g/mol. The molecule has 0 unspecified atom stereocenters. The molecule has 7 nitrogen and oxygen atoms in total. The van der Waals surface area contributed by atoms with Gasteiger partial charge in [-0.1, -0.05) is 25.0 Å². The number of aromatic nitrogens is 1. The quantitative estimate of drug-likeness (QED) is 0.506. The number of hydrogen-bond donors (Lipinski definition) is 2. The van der Waals surface area contributed by atoms with Crippen LogP contribution in [0.2, 0.25) is 0 Å². The van der Waals surface area contributed by atoms with Crippen molar-refractivity contribution < 1.29 is 13.2 Å². The fourth-order valence-corrected chi connectivity index (χ4v) is 5.95. The average molecular weight is 485 g/mol. The molecule has 0 atom stereocenters. The zero-order valence-corrected chi connectivity index (χ0v) is 20.2. The first-order valence-corrected chi connectivity index (χ1v) is 13.4. The summed E-state index contributed by atoms with van der Waals surface area (Å²) in [5, 5.41) is 8.93. The molecule has 0 bridgehead atoms. The number of thiazole rings is 1. The molecule has 0 saturated carbocycles. The highest BCUT2D eigenvalue weighted by Crippen LogP contribution is 2.24. The van der Waals surface area contributed by atoms with E-state index >= 15 is 0 Å². The Morgan fingerprint density at radius 1 is 1.03 bits per heavy atom. The third kappa shape index (κ3) is 5.98. The van der Waals surface area contributed by atoms with E-state index in [1.807, 2.05) is 36.6 Å². The van der Waals surface area contributed by atoms with Crippen LogP contribution in [0.25, 0.3) is 11.3 Å². The molecule has 33 heavy (non-hydrogen) atoms. The molecule has 1 aromatic heterocycles. The first kappa shape index (κ1) is 23.4. The number of nitrogens with one attached hydrogen (secondary N) is 2. The SMILES string of the molecule is Cc1nc(-c2cccc(NC(=O)CNc3ccc(S(=O)(=O)N4CCCCCC4)cc3)c2)cs1. The van der Waals surface area contributed by atoms with Gasteiger partial charge in [0.25, 0.3) is 0 Å². The summed E-state index contributed by atoms with van der Waals surface area (Å²) in [6.07, 6.45) is 3.96. The third-order valence-corrected chi connectivity index (χ3v) is 8.26. The van der Waals surface area contributed by atoms with Crippen LogP contribution < -0.4 is 10.6 Å². The molecule has 1 aliphatic rings. The smallest absolute Gasteiger partial charge is 0.243 e. The molecule has 2 N–H and O–H groups in total. The summed E-state index contributed by atoms with van der Waals surface area (Å²) in [5.74, 6) is -0.192. The van der Waals surface area contributed by atoms with E-state index in [1.54, 1.807) is 39.9 Å². The largest absolute Gasteiger partial charge is 0.376 e. The summed E-state index contributed by atoms with van der Waals surface area (Å²) in [6.45, 7) is 3.18. The van der Waals surface area contributed by atoms with Crippen LogP contribution in [0.4, 0.5) is 11.4 Å². The summed E-state index contributed by atoms with van der Waals surface area (Å²) >= 11 is 1.59. The summed E-state index contributed by atoms with van der Waals surface area (Å²) < 4.78 is 27.4. The summed E-state index contributed by atoms with van der Waals surface area (Å²) in [6, 6.07) is 14.2. The van der Waals surface area contributed by atoms with E-state index in [0.29, 0.717) is 24.5 Å². The molecular weight excluding hydrogens is 456 g/mol. The Morgan fingerprint density at radius 3 is 2.42 bits per heavy atom. The molecule has 1 fully saturated rings. The van der Waals surface area contributed by atoms with Crippen LogP contribution in [0.5, 0.6) is 0 Å². The second-order valence-electron chi connectivity index (χ2n) is 8.08. The normalized spacial score (nSPS) is 15.1. The fourth-order valence-electron chi connectivity index (χ4n) is 3.82. The lowest BCUT2D eigenvalue weighted by molar-refractivity contribution is -0.114. The Labute approximate surface area is 198 Å². The van der Waals surface area contributed by atoms with Crippen LogP contribution >= 0.6 is 11.3 Å². The molecule has 4 rings (SSSR count). The van der Waals surface area contributed by atoms with Crippen molar-refractivity contribution in [3.05, 3.63) is 58.9 Å². The van der Waals surface area contributed by atoms with E-state index in [0.717, 1.165) is 41.9 Å². The molecule has 1 aliphatic heterocycles. The maximum atomic E-state index is 12.9. The molecule has 2 heterocycles. The number of nitrogens with zero attached hydrogens (tertiary/aromatic N) is 2. The van der Waals surface area contributed by atoms with Gasteiger partial charge in [0.2, 0.25) is 15.9 Å². The van der Waals surface area contributed by atoms with Gasteiger partial charge in [0.05, 0.1) is 22.1 Å². The minimum atomic E-state index is -3.48. The highest BCUT2D eigenvalue weighted by Gasteiger charge is 2.24. The minimum Gasteiger partial charge on any atom is -0.376 e. The predicted octanol–water partition coefficient (Wildman–Crippen LogP) is 4.73. The van der Waals surface area contributed by atoms with E-state index in [9.17, 15) is 13.2 Å². The molecule has 174 valence electrons. The van der Waals surface area contributed by atoms with Crippen molar-refractivity contribution in [2.45, 2.75) is 37.5 Å². The maximum absolute atomic E-state index is 12.9. The van der Waals surface area contributed by atoms with Gasteiger partial charge in [-0.2, -0.15) is 4.31 Å². The maximum Gasteiger partial charge on any atom is 0.243 e. The van der Waals surface area contributed by atoms with Crippen LogP contribution in [-0.2, 0) is 14.8 Å². The van der Waals surface area contributed by atoms with Crippen LogP contribution in [0.15, 0.2) is 58.8 Å². The highest BCUT2D eigenvalue weighted by molar-refractivity contribution is 7.89. The van der Waals surface area contributed by atoms with Gasteiger partial charge in [0.1, 0.15) is 0 Å². The number of rotatable bonds is 7. The van der Waals surface area contributed by atoms with Crippen molar-refractivity contribution in [2.75, 3.05) is 30.3 Å². The summed E-state index contributed by atoms with van der Waals surface area (Å²) in [4.78, 5) is 17.2. The predicted molar refractivity (Wildman–Crippen MR) is 133 cm³/mol. The Bertz CT molecular complexity index is 1200. The Morgan fingerprint density at radius 2 is 1.76 bits per heavy atom. The van der Waals surface area contributed by atoms with Crippen LogP contribution in [0.1, 0.15) is 30.7 Å². The van der Waals surface area contributed by atoms with E-state index in [-0.39, 0.29) is 17.3 Å². The Kier molecular flexibility index (Phi) is 7.42. The van der Waals surface area contributed by atoms with Crippen molar-refractivity contribution >= 4 is 38.6 Å². The third-order valence-electron chi connectivity index (χ3n) is 5.57.